The Morgan fingerprint density at radius 2 is 1.16 bits per heavy atom. The lowest BCUT2D eigenvalue weighted by atomic mass is 10.0. The predicted molar refractivity (Wildman–Crippen MR) is 213 cm³/mol. The number of para-hydroxylation sites is 4. The van der Waals surface area contributed by atoms with Gasteiger partial charge in [-0.1, -0.05) is 97.1 Å². The molecule has 0 fully saturated rings. The summed E-state index contributed by atoms with van der Waals surface area (Å²) in [5.74, 6) is 0. The molecular weight excluding hydrogens is 629 g/mol. The molecular formula is C46H28N2OS. The third kappa shape index (κ3) is 3.97. The van der Waals surface area contributed by atoms with E-state index >= 15 is 0 Å². The molecule has 11 aromatic rings. The van der Waals surface area contributed by atoms with Crippen molar-refractivity contribution < 1.29 is 4.42 Å². The number of rotatable bonds is 4. The van der Waals surface area contributed by atoms with E-state index in [1.807, 2.05) is 23.5 Å². The van der Waals surface area contributed by atoms with E-state index in [1.54, 1.807) is 0 Å². The molecule has 0 saturated carbocycles. The first-order chi connectivity index (χ1) is 24.8. The van der Waals surface area contributed by atoms with Gasteiger partial charge in [0.05, 0.1) is 16.7 Å². The minimum absolute atomic E-state index is 0.872. The van der Waals surface area contributed by atoms with Crippen molar-refractivity contribution in [3.05, 3.63) is 170 Å². The molecule has 0 amide bonds. The Hall–Kier alpha value is -6.36. The van der Waals surface area contributed by atoms with Crippen LogP contribution < -0.4 is 4.90 Å². The van der Waals surface area contributed by atoms with Crippen LogP contribution >= 0.6 is 11.3 Å². The second kappa shape index (κ2) is 10.6. The number of hydrogen-bond donors (Lipinski definition) is 0. The Labute approximate surface area is 291 Å². The molecule has 0 aliphatic heterocycles. The van der Waals surface area contributed by atoms with Crippen LogP contribution in [0.3, 0.4) is 0 Å². The van der Waals surface area contributed by atoms with Crippen LogP contribution in [-0.2, 0) is 0 Å². The van der Waals surface area contributed by atoms with Crippen molar-refractivity contribution in [3.63, 3.8) is 0 Å². The summed E-state index contributed by atoms with van der Waals surface area (Å²) in [5.41, 5.74) is 8.46. The lowest BCUT2D eigenvalue weighted by molar-refractivity contribution is 0.669. The van der Waals surface area contributed by atoms with Crippen LogP contribution in [0.5, 0.6) is 0 Å². The molecule has 234 valence electrons. The van der Waals surface area contributed by atoms with E-state index in [2.05, 4.69) is 167 Å². The van der Waals surface area contributed by atoms with Gasteiger partial charge in [0.25, 0.3) is 0 Å². The standard InChI is InChI=1S/C46H28N2OS/c1-2-11-30(12-3-1)48-39-17-7-4-13-33(39)36-16-10-18-40(46(36)48)47(32-24-25-35-34-14-5-8-19-41(34)49-42(35)28-32)31-23-21-29-22-26-44-45(38(29)27-31)37-15-6-9-20-43(37)50-44/h1-28H. The Bertz CT molecular complexity index is 3110. The summed E-state index contributed by atoms with van der Waals surface area (Å²) in [4.78, 5) is 2.42. The van der Waals surface area contributed by atoms with E-state index in [4.69, 9.17) is 4.42 Å². The van der Waals surface area contributed by atoms with Gasteiger partial charge in [0.2, 0.25) is 0 Å². The number of hydrogen-bond acceptors (Lipinski definition) is 3. The normalized spacial score (nSPS) is 12.0. The summed E-state index contributed by atoms with van der Waals surface area (Å²) in [5, 5.41) is 9.79. The van der Waals surface area contributed by atoms with Gasteiger partial charge in [0.1, 0.15) is 11.2 Å². The Kier molecular flexibility index (Phi) is 5.83. The summed E-state index contributed by atoms with van der Waals surface area (Å²) in [6, 6.07) is 61.3. The molecule has 4 heteroatoms. The molecule has 50 heavy (non-hydrogen) atoms. The van der Waals surface area contributed by atoms with Crippen molar-refractivity contribution in [3.8, 4) is 5.69 Å². The van der Waals surface area contributed by atoms with Crippen molar-refractivity contribution in [2.24, 2.45) is 0 Å². The quantitative estimate of drug-likeness (QED) is 0.188. The number of anilines is 3. The number of nitrogens with zero attached hydrogens (tertiary/aromatic N) is 2. The minimum Gasteiger partial charge on any atom is -0.456 e. The fraction of sp³-hybridized carbons (Fsp3) is 0. The molecule has 3 aromatic heterocycles. The van der Waals surface area contributed by atoms with E-state index in [0.29, 0.717) is 0 Å². The molecule has 3 nitrogen and oxygen atoms in total. The molecule has 0 saturated heterocycles. The number of aromatic nitrogens is 1. The molecule has 8 aromatic carbocycles. The highest BCUT2D eigenvalue weighted by atomic mass is 32.1. The summed E-state index contributed by atoms with van der Waals surface area (Å²) >= 11 is 1.86. The number of thiophene rings is 1. The maximum Gasteiger partial charge on any atom is 0.137 e. The second-order valence-electron chi connectivity index (χ2n) is 12.9. The summed E-state index contributed by atoms with van der Waals surface area (Å²) in [7, 11) is 0. The second-order valence-corrected chi connectivity index (χ2v) is 14.0. The summed E-state index contributed by atoms with van der Waals surface area (Å²) < 4.78 is 11.5. The largest absolute Gasteiger partial charge is 0.456 e. The molecule has 0 unspecified atom stereocenters. The van der Waals surface area contributed by atoms with Gasteiger partial charge in [0.15, 0.2) is 0 Å². The first-order valence-corrected chi connectivity index (χ1v) is 17.7. The monoisotopic (exact) mass is 656 g/mol. The minimum atomic E-state index is 0.872. The van der Waals surface area contributed by atoms with Crippen LogP contribution in [0, 0.1) is 0 Å². The first-order valence-electron chi connectivity index (χ1n) is 16.9. The van der Waals surface area contributed by atoms with Crippen molar-refractivity contribution in [2.75, 3.05) is 4.90 Å². The van der Waals surface area contributed by atoms with Gasteiger partial charge >= 0.3 is 0 Å². The van der Waals surface area contributed by atoms with E-state index < -0.39 is 0 Å². The van der Waals surface area contributed by atoms with Crippen LogP contribution in [0.25, 0.3) is 80.4 Å². The molecule has 0 radical (unpaired) electrons. The predicted octanol–water partition coefficient (Wildman–Crippen LogP) is 13.7. The average Bonchev–Trinajstić information content (AvgIpc) is 3.85. The van der Waals surface area contributed by atoms with Crippen LogP contribution in [0.1, 0.15) is 0 Å². The molecule has 0 atom stereocenters. The Morgan fingerprint density at radius 1 is 0.460 bits per heavy atom. The van der Waals surface area contributed by atoms with Crippen molar-refractivity contribution >= 4 is 103 Å². The van der Waals surface area contributed by atoms with E-state index in [-0.39, 0.29) is 0 Å². The van der Waals surface area contributed by atoms with Gasteiger partial charge in [-0.05, 0) is 77.5 Å². The van der Waals surface area contributed by atoms with Gasteiger partial charge in [0, 0.05) is 64.8 Å². The maximum atomic E-state index is 6.48. The van der Waals surface area contributed by atoms with Crippen molar-refractivity contribution in [2.45, 2.75) is 0 Å². The van der Waals surface area contributed by atoms with Gasteiger partial charge in [-0.2, -0.15) is 0 Å². The highest BCUT2D eigenvalue weighted by Gasteiger charge is 2.23. The average molecular weight is 657 g/mol. The molecule has 0 N–H and O–H groups in total. The van der Waals surface area contributed by atoms with E-state index in [0.717, 1.165) is 50.2 Å². The smallest absolute Gasteiger partial charge is 0.137 e. The molecule has 3 heterocycles. The third-order valence-corrected chi connectivity index (χ3v) is 11.3. The zero-order valence-electron chi connectivity index (χ0n) is 26.9. The molecule has 0 aliphatic rings. The van der Waals surface area contributed by atoms with Crippen LogP contribution in [0.4, 0.5) is 17.1 Å². The Morgan fingerprint density at radius 3 is 2.08 bits per heavy atom. The lowest BCUT2D eigenvalue weighted by Gasteiger charge is -2.27. The lowest BCUT2D eigenvalue weighted by Crippen LogP contribution is -2.11. The number of benzene rings is 8. The fourth-order valence-corrected chi connectivity index (χ4v) is 9.10. The van der Waals surface area contributed by atoms with Crippen molar-refractivity contribution in [1.29, 1.82) is 0 Å². The van der Waals surface area contributed by atoms with Crippen molar-refractivity contribution in [1.82, 2.24) is 4.57 Å². The first kappa shape index (κ1) is 27.6. The van der Waals surface area contributed by atoms with Crippen LogP contribution in [0.15, 0.2) is 174 Å². The summed E-state index contributed by atoms with van der Waals surface area (Å²) in [6.45, 7) is 0. The topological polar surface area (TPSA) is 21.3 Å². The van der Waals surface area contributed by atoms with Gasteiger partial charge in [-0.15, -0.1) is 11.3 Å². The number of furan rings is 1. The zero-order chi connectivity index (χ0) is 32.8. The highest BCUT2D eigenvalue weighted by molar-refractivity contribution is 7.26. The molecule has 0 spiro atoms. The fourth-order valence-electron chi connectivity index (χ4n) is 7.98. The number of fused-ring (bicyclic) bond motifs is 11. The highest BCUT2D eigenvalue weighted by Crippen LogP contribution is 2.46. The van der Waals surface area contributed by atoms with E-state index in [1.165, 1.54) is 47.2 Å². The molecule has 11 rings (SSSR count). The van der Waals surface area contributed by atoms with Crippen LogP contribution in [-0.4, -0.2) is 4.57 Å². The molecule has 0 bridgehead atoms. The third-order valence-electron chi connectivity index (χ3n) is 10.2. The SMILES string of the molecule is c1ccc(-n2c3ccccc3c3cccc(N(c4ccc5c(c4)oc4ccccc45)c4ccc5ccc6sc7ccccc7c6c5c4)c32)cc1. The summed E-state index contributed by atoms with van der Waals surface area (Å²) in [6.07, 6.45) is 0. The van der Waals surface area contributed by atoms with Gasteiger partial charge in [-0.3, -0.25) is 0 Å². The van der Waals surface area contributed by atoms with Crippen LogP contribution in [0.2, 0.25) is 0 Å². The zero-order valence-corrected chi connectivity index (χ0v) is 27.7. The van der Waals surface area contributed by atoms with Gasteiger partial charge in [-0.25, -0.2) is 0 Å². The Balaban J connectivity index is 1.26. The van der Waals surface area contributed by atoms with E-state index in [9.17, 15) is 0 Å². The molecule has 0 aliphatic carbocycles. The van der Waals surface area contributed by atoms with Gasteiger partial charge < -0.3 is 13.9 Å². The maximum absolute atomic E-state index is 6.48.